The van der Waals surface area contributed by atoms with E-state index in [1.807, 2.05) is 0 Å². The minimum absolute atomic E-state index is 0.152. The average Bonchev–Trinajstić information content (AvgIpc) is 2.15. The van der Waals surface area contributed by atoms with Gasteiger partial charge in [0.15, 0.2) is 5.69 Å². The van der Waals surface area contributed by atoms with E-state index in [2.05, 4.69) is 15.3 Å². The molecule has 1 rings (SSSR count). The molecule has 1 aromatic heterocycles. The van der Waals surface area contributed by atoms with Gasteiger partial charge >= 0.3 is 6.18 Å². The van der Waals surface area contributed by atoms with Crippen LogP contribution in [-0.2, 0) is 6.18 Å². The van der Waals surface area contributed by atoms with Gasteiger partial charge < -0.3 is 5.32 Å². The van der Waals surface area contributed by atoms with Gasteiger partial charge in [-0.05, 0) is 0 Å². The molecule has 0 aliphatic heterocycles. The van der Waals surface area contributed by atoms with Gasteiger partial charge in [0, 0.05) is 7.05 Å². The van der Waals surface area contributed by atoms with Crippen molar-refractivity contribution in [2.24, 2.45) is 0 Å². The van der Waals surface area contributed by atoms with E-state index in [-0.39, 0.29) is 5.69 Å². The van der Waals surface area contributed by atoms with Gasteiger partial charge in [-0.2, -0.15) is 13.2 Å². The second-order valence-electron chi connectivity index (χ2n) is 2.36. The van der Waals surface area contributed by atoms with E-state index in [4.69, 9.17) is 0 Å². The molecule has 0 saturated carbocycles. The van der Waals surface area contributed by atoms with E-state index in [1.165, 1.54) is 7.05 Å². The predicted octanol–water partition coefficient (Wildman–Crippen LogP) is 0.855. The van der Waals surface area contributed by atoms with Crippen molar-refractivity contribution in [2.45, 2.75) is 6.18 Å². The van der Waals surface area contributed by atoms with Crippen LogP contribution in [0.1, 0.15) is 16.2 Å². The van der Waals surface area contributed by atoms with E-state index in [9.17, 15) is 18.0 Å². The van der Waals surface area contributed by atoms with E-state index in [1.54, 1.807) is 0 Å². The maximum atomic E-state index is 12.0. The second kappa shape index (κ2) is 3.60. The highest BCUT2D eigenvalue weighted by Crippen LogP contribution is 2.26. The number of nitrogens with one attached hydrogen (secondary N) is 1. The summed E-state index contributed by atoms with van der Waals surface area (Å²) in [4.78, 5) is 17.3. The lowest BCUT2D eigenvalue weighted by molar-refractivity contribution is -0.141. The molecule has 1 amide bonds. The third-order valence-electron chi connectivity index (χ3n) is 1.40. The molecule has 0 saturated heterocycles. The zero-order chi connectivity index (χ0) is 10.8. The quantitative estimate of drug-likeness (QED) is 0.739. The fourth-order valence-corrected chi connectivity index (χ4v) is 0.720. The molecule has 0 unspecified atom stereocenters. The zero-order valence-electron chi connectivity index (χ0n) is 7.09. The molecule has 1 aromatic rings. The second-order valence-corrected chi connectivity index (χ2v) is 2.36. The summed E-state index contributed by atoms with van der Waals surface area (Å²) in [6.45, 7) is 0. The SMILES string of the molecule is CNC(=O)c1cnc(C(F)(F)F)cn1. The Morgan fingerprint density at radius 2 is 2.00 bits per heavy atom. The van der Waals surface area contributed by atoms with Gasteiger partial charge in [0.1, 0.15) is 5.69 Å². The van der Waals surface area contributed by atoms with E-state index < -0.39 is 17.8 Å². The zero-order valence-corrected chi connectivity index (χ0v) is 7.09. The summed E-state index contributed by atoms with van der Waals surface area (Å²) in [6.07, 6.45) is -3.24. The number of carbonyl (C=O) groups excluding carboxylic acids is 1. The van der Waals surface area contributed by atoms with Gasteiger partial charge in [0.05, 0.1) is 12.4 Å². The van der Waals surface area contributed by atoms with Gasteiger partial charge in [0.2, 0.25) is 0 Å². The maximum Gasteiger partial charge on any atom is 0.434 e. The Kier molecular flexibility index (Phi) is 2.68. The van der Waals surface area contributed by atoms with E-state index in [0.717, 1.165) is 6.20 Å². The molecule has 14 heavy (non-hydrogen) atoms. The van der Waals surface area contributed by atoms with Gasteiger partial charge in [-0.1, -0.05) is 0 Å². The minimum Gasteiger partial charge on any atom is -0.354 e. The van der Waals surface area contributed by atoms with Crippen LogP contribution in [-0.4, -0.2) is 22.9 Å². The Balaban J connectivity index is 2.95. The summed E-state index contributed by atoms with van der Waals surface area (Å²) in [5, 5.41) is 2.22. The number of aromatic nitrogens is 2. The highest BCUT2D eigenvalue weighted by Gasteiger charge is 2.32. The van der Waals surface area contributed by atoms with Crippen molar-refractivity contribution in [3.8, 4) is 0 Å². The lowest BCUT2D eigenvalue weighted by atomic mass is 10.4. The molecule has 0 radical (unpaired) electrons. The summed E-state index contributed by atoms with van der Waals surface area (Å²) in [5.41, 5.74) is -1.27. The largest absolute Gasteiger partial charge is 0.434 e. The number of nitrogens with zero attached hydrogens (tertiary/aromatic N) is 2. The molecule has 1 heterocycles. The molecule has 0 fully saturated rings. The van der Waals surface area contributed by atoms with Gasteiger partial charge in [-0.3, -0.25) is 4.79 Å². The first kappa shape index (κ1) is 10.4. The van der Waals surface area contributed by atoms with Gasteiger partial charge in [-0.15, -0.1) is 0 Å². The minimum atomic E-state index is -4.53. The van der Waals surface area contributed by atoms with Crippen molar-refractivity contribution in [2.75, 3.05) is 7.05 Å². The van der Waals surface area contributed by atoms with Gasteiger partial charge in [-0.25, -0.2) is 9.97 Å². The van der Waals surface area contributed by atoms with Gasteiger partial charge in [0.25, 0.3) is 5.91 Å². The van der Waals surface area contributed by atoms with Crippen LogP contribution >= 0.6 is 0 Å². The molecule has 0 aliphatic rings. The van der Waals surface area contributed by atoms with Crippen molar-refractivity contribution in [3.05, 3.63) is 23.8 Å². The fourth-order valence-electron chi connectivity index (χ4n) is 0.720. The van der Waals surface area contributed by atoms with Crippen molar-refractivity contribution in [1.82, 2.24) is 15.3 Å². The molecule has 7 heteroatoms. The molecule has 0 spiro atoms. The number of amides is 1. The number of alkyl halides is 3. The first-order valence-electron chi connectivity index (χ1n) is 3.56. The van der Waals surface area contributed by atoms with Crippen LogP contribution in [0.4, 0.5) is 13.2 Å². The Bertz CT molecular complexity index is 333. The number of hydrogen-bond acceptors (Lipinski definition) is 3. The molecular formula is C7H6F3N3O. The Labute approximate surface area is 77.2 Å². The van der Waals surface area contributed by atoms with Crippen LogP contribution < -0.4 is 5.32 Å². The van der Waals surface area contributed by atoms with E-state index in [0.29, 0.717) is 6.20 Å². The smallest absolute Gasteiger partial charge is 0.354 e. The third kappa shape index (κ3) is 2.18. The van der Waals surface area contributed by atoms with Crippen molar-refractivity contribution in [3.63, 3.8) is 0 Å². The highest BCUT2D eigenvalue weighted by molar-refractivity contribution is 5.91. The third-order valence-corrected chi connectivity index (χ3v) is 1.40. The summed E-state index contributed by atoms with van der Waals surface area (Å²) in [7, 11) is 1.35. The molecule has 0 atom stereocenters. The Hall–Kier alpha value is -1.66. The molecule has 1 N–H and O–H groups in total. The topological polar surface area (TPSA) is 54.9 Å². The lowest BCUT2D eigenvalue weighted by Crippen LogP contribution is -2.20. The Morgan fingerprint density at radius 3 is 2.36 bits per heavy atom. The van der Waals surface area contributed by atoms with Crippen LogP contribution in [0.3, 0.4) is 0 Å². The normalized spacial score (nSPS) is 11.1. The molecule has 4 nitrogen and oxygen atoms in total. The average molecular weight is 205 g/mol. The van der Waals surface area contributed by atoms with Crippen molar-refractivity contribution >= 4 is 5.91 Å². The summed E-state index contributed by atoms with van der Waals surface area (Å²) in [6, 6.07) is 0. The highest BCUT2D eigenvalue weighted by atomic mass is 19.4. The fraction of sp³-hybridized carbons (Fsp3) is 0.286. The maximum absolute atomic E-state index is 12.0. The van der Waals surface area contributed by atoms with Crippen LogP contribution in [0.15, 0.2) is 12.4 Å². The number of hydrogen-bond donors (Lipinski definition) is 1. The summed E-state index contributed by atoms with van der Waals surface area (Å²) < 4.78 is 36.0. The first-order chi connectivity index (χ1) is 6.45. The number of carbonyl (C=O) groups is 1. The lowest BCUT2D eigenvalue weighted by Gasteiger charge is -2.04. The van der Waals surface area contributed by atoms with Crippen LogP contribution in [0.5, 0.6) is 0 Å². The first-order valence-corrected chi connectivity index (χ1v) is 3.56. The predicted molar refractivity (Wildman–Crippen MR) is 40.4 cm³/mol. The summed E-state index contributed by atoms with van der Waals surface area (Å²) >= 11 is 0. The Morgan fingerprint density at radius 1 is 1.36 bits per heavy atom. The van der Waals surface area contributed by atoms with E-state index >= 15 is 0 Å². The number of halogens is 3. The molecule has 0 bridgehead atoms. The standard InChI is InChI=1S/C7H6F3N3O/c1-11-6(14)4-2-13-5(3-12-4)7(8,9)10/h2-3H,1H3,(H,11,14). The molecule has 0 aromatic carbocycles. The molecule has 76 valence electrons. The monoisotopic (exact) mass is 205 g/mol. The van der Waals surface area contributed by atoms with Crippen LogP contribution in [0, 0.1) is 0 Å². The summed E-state index contributed by atoms with van der Waals surface area (Å²) in [5.74, 6) is -0.578. The van der Waals surface area contributed by atoms with Crippen molar-refractivity contribution < 1.29 is 18.0 Å². The van der Waals surface area contributed by atoms with Crippen LogP contribution in [0.25, 0.3) is 0 Å². The van der Waals surface area contributed by atoms with Crippen LogP contribution in [0.2, 0.25) is 0 Å². The van der Waals surface area contributed by atoms with Crippen molar-refractivity contribution in [1.29, 1.82) is 0 Å². The number of rotatable bonds is 1. The molecular weight excluding hydrogens is 199 g/mol. The molecule has 0 aliphatic carbocycles.